The summed E-state index contributed by atoms with van der Waals surface area (Å²) < 4.78 is 0.725. The lowest BCUT2D eigenvalue weighted by Crippen LogP contribution is -2.34. The predicted molar refractivity (Wildman–Crippen MR) is 72.1 cm³/mol. The second-order valence-corrected chi connectivity index (χ2v) is 6.47. The fourth-order valence-electron chi connectivity index (χ4n) is 1.35. The third kappa shape index (κ3) is 4.66. The molecule has 4 nitrogen and oxygen atoms in total. The molecule has 0 saturated carbocycles. The Morgan fingerprint density at radius 3 is 2.61 bits per heavy atom. The first kappa shape index (κ1) is 15.0. The van der Waals surface area contributed by atoms with E-state index in [0.29, 0.717) is 13.0 Å². The quantitative estimate of drug-likeness (QED) is 0.846. The van der Waals surface area contributed by atoms with E-state index in [2.05, 4.69) is 5.32 Å². The summed E-state index contributed by atoms with van der Waals surface area (Å²) in [7, 11) is 0. The highest BCUT2D eigenvalue weighted by Gasteiger charge is 2.29. The average molecular weight is 290 g/mol. The first-order valence-electron chi connectivity index (χ1n) is 5.55. The Morgan fingerprint density at radius 1 is 1.44 bits per heavy atom. The van der Waals surface area contributed by atoms with E-state index in [4.69, 9.17) is 16.7 Å². The zero-order valence-corrected chi connectivity index (χ0v) is 11.9. The van der Waals surface area contributed by atoms with E-state index in [0.717, 1.165) is 9.21 Å². The van der Waals surface area contributed by atoms with E-state index in [1.165, 1.54) is 25.2 Å². The fraction of sp³-hybridized carbons (Fsp3) is 0.500. The van der Waals surface area contributed by atoms with Crippen LogP contribution in [-0.4, -0.2) is 23.5 Å². The summed E-state index contributed by atoms with van der Waals surface area (Å²) in [6.45, 7) is 3.56. The first-order valence-corrected chi connectivity index (χ1v) is 6.75. The number of halogens is 1. The molecule has 1 aromatic rings. The maximum atomic E-state index is 11.6. The van der Waals surface area contributed by atoms with Gasteiger partial charge in [-0.15, -0.1) is 11.3 Å². The van der Waals surface area contributed by atoms with Crippen molar-refractivity contribution in [1.29, 1.82) is 0 Å². The maximum Gasteiger partial charge on any atom is 0.309 e. The van der Waals surface area contributed by atoms with Gasteiger partial charge in [-0.1, -0.05) is 11.6 Å². The monoisotopic (exact) mass is 289 g/mol. The molecule has 0 saturated heterocycles. The highest BCUT2D eigenvalue weighted by atomic mass is 35.5. The van der Waals surface area contributed by atoms with Crippen molar-refractivity contribution in [2.75, 3.05) is 6.54 Å². The van der Waals surface area contributed by atoms with Crippen molar-refractivity contribution in [2.45, 2.75) is 26.7 Å². The normalized spacial score (nSPS) is 11.3. The molecule has 1 aromatic heterocycles. The topological polar surface area (TPSA) is 66.4 Å². The predicted octanol–water partition coefficient (Wildman–Crippen LogP) is 2.56. The molecule has 18 heavy (non-hydrogen) atoms. The Kier molecular flexibility index (Phi) is 5.16. The molecule has 0 bridgehead atoms. The van der Waals surface area contributed by atoms with E-state index in [1.807, 2.05) is 12.1 Å². The van der Waals surface area contributed by atoms with Crippen molar-refractivity contribution in [3.8, 4) is 0 Å². The minimum absolute atomic E-state index is 0.0203. The lowest BCUT2D eigenvalue weighted by atomic mass is 9.89. The van der Waals surface area contributed by atoms with Crippen molar-refractivity contribution >= 4 is 34.8 Å². The van der Waals surface area contributed by atoms with Crippen LogP contribution in [0.4, 0.5) is 0 Å². The van der Waals surface area contributed by atoms with Gasteiger partial charge in [0.2, 0.25) is 5.91 Å². The zero-order chi connectivity index (χ0) is 13.8. The SMILES string of the molecule is CC(C)(CC(=O)NCCc1ccc(Cl)s1)C(=O)O. The molecule has 0 aliphatic carbocycles. The number of hydrogen-bond acceptors (Lipinski definition) is 3. The lowest BCUT2D eigenvalue weighted by molar-refractivity contribution is -0.149. The molecule has 0 spiro atoms. The minimum Gasteiger partial charge on any atom is -0.481 e. The van der Waals surface area contributed by atoms with Crippen LogP contribution in [0, 0.1) is 5.41 Å². The number of hydrogen-bond donors (Lipinski definition) is 2. The number of amides is 1. The van der Waals surface area contributed by atoms with Gasteiger partial charge in [0.15, 0.2) is 0 Å². The Hall–Kier alpha value is -1.07. The van der Waals surface area contributed by atoms with Gasteiger partial charge in [0.1, 0.15) is 0 Å². The third-order valence-corrected chi connectivity index (χ3v) is 3.79. The molecular formula is C12H16ClNO3S. The molecule has 0 aliphatic rings. The molecule has 0 unspecified atom stereocenters. The van der Waals surface area contributed by atoms with Gasteiger partial charge in [-0.05, 0) is 32.4 Å². The second-order valence-electron chi connectivity index (χ2n) is 4.67. The van der Waals surface area contributed by atoms with Gasteiger partial charge >= 0.3 is 5.97 Å². The Bertz CT molecular complexity index is 442. The van der Waals surface area contributed by atoms with Gasteiger partial charge in [-0.3, -0.25) is 9.59 Å². The highest BCUT2D eigenvalue weighted by Crippen LogP contribution is 2.22. The van der Waals surface area contributed by atoms with Crippen LogP contribution in [0.2, 0.25) is 4.34 Å². The molecule has 2 N–H and O–H groups in total. The van der Waals surface area contributed by atoms with Gasteiger partial charge in [0.25, 0.3) is 0 Å². The summed E-state index contributed by atoms with van der Waals surface area (Å²) in [5, 5.41) is 11.6. The van der Waals surface area contributed by atoms with Crippen LogP contribution < -0.4 is 5.32 Å². The summed E-state index contributed by atoms with van der Waals surface area (Å²) in [5.74, 6) is -1.22. The van der Waals surface area contributed by atoms with Gasteiger partial charge in [-0.2, -0.15) is 0 Å². The van der Waals surface area contributed by atoms with E-state index in [-0.39, 0.29) is 12.3 Å². The lowest BCUT2D eigenvalue weighted by Gasteiger charge is -2.18. The second kappa shape index (κ2) is 6.20. The molecule has 0 aliphatic heterocycles. The van der Waals surface area contributed by atoms with E-state index < -0.39 is 11.4 Å². The first-order chi connectivity index (χ1) is 8.31. The van der Waals surface area contributed by atoms with Crippen molar-refractivity contribution in [1.82, 2.24) is 5.32 Å². The Balaban J connectivity index is 2.32. The van der Waals surface area contributed by atoms with Crippen molar-refractivity contribution in [2.24, 2.45) is 5.41 Å². The summed E-state index contributed by atoms with van der Waals surface area (Å²) in [4.78, 5) is 23.5. The van der Waals surface area contributed by atoms with Gasteiger partial charge in [-0.25, -0.2) is 0 Å². The molecule has 1 amide bonds. The molecule has 0 radical (unpaired) electrons. The standard InChI is InChI=1S/C12H16ClNO3S/c1-12(2,11(16)17)7-10(15)14-6-5-8-3-4-9(13)18-8/h3-4H,5-7H2,1-2H3,(H,14,15)(H,16,17). The number of carboxylic acids is 1. The van der Waals surface area contributed by atoms with Crippen LogP contribution in [0.3, 0.4) is 0 Å². The van der Waals surface area contributed by atoms with E-state index in [9.17, 15) is 9.59 Å². The number of thiophene rings is 1. The van der Waals surface area contributed by atoms with Crippen LogP contribution in [0.5, 0.6) is 0 Å². The molecule has 0 atom stereocenters. The molecule has 1 heterocycles. The summed E-state index contributed by atoms with van der Waals surface area (Å²) >= 11 is 7.27. The zero-order valence-electron chi connectivity index (χ0n) is 10.3. The molecular weight excluding hydrogens is 274 g/mol. The summed E-state index contributed by atoms with van der Waals surface area (Å²) in [6, 6.07) is 3.73. The Labute approximate surface area is 115 Å². The minimum atomic E-state index is -1.03. The molecule has 0 fully saturated rings. The van der Waals surface area contributed by atoms with Gasteiger partial charge in [0, 0.05) is 17.8 Å². The number of carbonyl (C=O) groups excluding carboxylic acids is 1. The highest BCUT2D eigenvalue weighted by molar-refractivity contribution is 7.16. The van der Waals surface area contributed by atoms with Crippen molar-refractivity contribution in [3.05, 3.63) is 21.3 Å². The number of nitrogens with one attached hydrogen (secondary N) is 1. The van der Waals surface area contributed by atoms with Crippen LogP contribution in [0.1, 0.15) is 25.1 Å². The number of aliphatic carboxylic acids is 1. The average Bonchev–Trinajstić information content (AvgIpc) is 2.63. The van der Waals surface area contributed by atoms with E-state index in [1.54, 1.807) is 0 Å². The number of rotatable bonds is 6. The van der Waals surface area contributed by atoms with Crippen molar-refractivity contribution in [3.63, 3.8) is 0 Å². The largest absolute Gasteiger partial charge is 0.481 e. The molecule has 100 valence electrons. The summed E-state index contributed by atoms with van der Waals surface area (Å²) in [6.07, 6.45) is 0.685. The van der Waals surface area contributed by atoms with E-state index >= 15 is 0 Å². The van der Waals surface area contributed by atoms with Crippen molar-refractivity contribution < 1.29 is 14.7 Å². The van der Waals surface area contributed by atoms with Gasteiger partial charge in [0.05, 0.1) is 9.75 Å². The molecule has 0 aromatic carbocycles. The van der Waals surface area contributed by atoms with Crippen LogP contribution in [0.15, 0.2) is 12.1 Å². The molecule has 6 heteroatoms. The summed E-state index contributed by atoms with van der Waals surface area (Å²) in [5.41, 5.74) is -1.03. The van der Waals surface area contributed by atoms with Crippen LogP contribution in [-0.2, 0) is 16.0 Å². The number of carbonyl (C=O) groups is 2. The third-order valence-electron chi connectivity index (χ3n) is 2.50. The van der Waals surface area contributed by atoms with Gasteiger partial charge < -0.3 is 10.4 Å². The Morgan fingerprint density at radius 2 is 2.11 bits per heavy atom. The molecule has 1 rings (SSSR count). The van der Waals surface area contributed by atoms with Crippen LogP contribution in [0.25, 0.3) is 0 Å². The number of carboxylic acid groups (broad SMARTS) is 1. The smallest absolute Gasteiger partial charge is 0.309 e. The fourth-order valence-corrected chi connectivity index (χ4v) is 2.44. The maximum absolute atomic E-state index is 11.6. The van der Waals surface area contributed by atoms with Crippen LogP contribution >= 0.6 is 22.9 Å².